The number of thiazole rings is 1. The van der Waals surface area contributed by atoms with Crippen molar-refractivity contribution in [2.75, 3.05) is 11.6 Å². The van der Waals surface area contributed by atoms with Crippen LogP contribution >= 0.6 is 23.1 Å². The predicted molar refractivity (Wildman–Crippen MR) is 137 cm³/mol. The highest BCUT2D eigenvalue weighted by atomic mass is 32.2. The molecule has 0 aliphatic heterocycles. The lowest BCUT2D eigenvalue weighted by atomic mass is 9.90. The van der Waals surface area contributed by atoms with Crippen molar-refractivity contribution in [3.05, 3.63) is 70.4 Å². The molecule has 1 aliphatic carbocycles. The molecule has 4 rings (SSSR count). The Bertz CT molecular complexity index is 1160. The van der Waals surface area contributed by atoms with Crippen molar-refractivity contribution in [1.82, 2.24) is 15.6 Å². The van der Waals surface area contributed by atoms with Crippen molar-refractivity contribution >= 4 is 40.7 Å². The fourth-order valence-electron chi connectivity index (χ4n) is 3.91. The van der Waals surface area contributed by atoms with E-state index in [1.165, 1.54) is 17.4 Å². The number of thioether (sulfide) groups is 1. The molecule has 3 amide bonds. The molecule has 10 heteroatoms. The average molecular weight is 515 g/mol. The number of para-hydroxylation sites is 1. The van der Waals surface area contributed by atoms with E-state index >= 15 is 0 Å². The fraction of sp³-hybridized carbons (Fsp3) is 0.320. The van der Waals surface area contributed by atoms with E-state index in [0.29, 0.717) is 10.7 Å². The minimum absolute atomic E-state index is 0.0740. The van der Waals surface area contributed by atoms with Crippen molar-refractivity contribution in [3.63, 3.8) is 0 Å². The van der Waals surface area contributed by atoms with Crippen LogP contribution in [0.3, 0.4) is 0 Å². The summed E-state index contributed by atoms with van der Waals surface area (Å²) < 4.78 is 19.2. The number of ether oxygens (including phenoxy) is 1. The van der Waals surface area contributed by atoms with Crippen molar-refractivity contribution in [2.45, 2.75) is 49.3 Å². The number of nitrogens with one attached hydrogen (secondary N) is 3. The number of carbonyl (C=O) groups is 2. The Hall–Kier alpha value is -3.11. The predicted octanol–water partition coefficient (Wildman–Crippen LogP) is 5.45. The molecular weight excluding hydrogens is 487 g/mol. The van der Waals surface area contributed by atoms with Gasteiger partial charge in [0.15, 0.2) is 11.6 Å². The van der Waals surface area contributed by atoms with Crippen LogP contribution in [0.1, 0.15) is 41.2 Å². The summed E-state index contributed by atoms with van der Waals surface area (Å²) in [6, 6.07) is 13.1. The minimum Gasteiger partial charge on any atom is -0.483 e. The molecule has 3 N–H and O–H groups in total. The van der Waals surface area contributed by atoms with Crippen LogP contribution < -0.4 is 20.7 Å². The first-order valence-corrected chi connectivity index (χ1v) is 13.5. The van der Waals surface area contributed by atoms with Crippen LogP contribution in [0, 0.1) is 5.82 Å². The summed E-state index contributed by atoms with van der Waals surface area (Å²) in [4.78, 5) is 30.9. The molecule has 0 bridgehead atoms. The normalized spacial score (nSPS) is 17.4. The van der Waals surface area contributed by atoms with Crippen molar-refractivity contribution < 1.29 is 18.7 Å². The standard InChI is InChI=1S/C25H27FN4O3S2/c1-34-17-12-10-16(11-13-17)27-25(32)30-20-8-4-3-7-19(20)29-24(31)21-15-35-23(28-21)14-33-22-9-5-2-6-18(22)26/h2,5-6,9-13,15,19-20H,3-4,7-8,14H2,1H3,(H,29,31)(H2,27,30,32). The summed E-state index contributed by atoms with van der Waals surface area (Å²) in [5.74, 6) is -0.604. The number of carbonyl (C=O) groups excluding carboxylic acids is 2. The highest BCUT2D eigenvalue weighted by Crippen LogP contribution is 2.22. The maximum atomic E-state index is 13.7. The molecule has 2 unspecified atom stereocenters. The molecule has 0 spiro atoms. The molecule has 0 radical (unpaired) electrons. The van der Waals surface area contributed by atoms with Gasteiger partial charge in [-0.3, -0.25) is 4.79 Å². The third-order valence-electron chi connectivity index (χ3n) is 5.72. The molecule has 0 saturated heterocycles. The Balaban J connectivity index is 1.31. The van der Waals surface area contributed by atoms with Crippen LogP contribution in [0.15, 0.2) is 58.8 Å². The number of urea groups is 1. The molecule has 1 fully saturated rings. The zero-order chi connectivity index (χ0) is 24.6. The van der Waals surface area contributed by atoms with Gasteiger partial charge in [-0.2, -0.15) is 0 Å². The molecule has 35 heavy (non-hydrogen) atoms. The highest BCUT2D eigenvalue weighted by molar-refractivity contribution is 7.98. The Labute approximate surface area is 211 Å². The third kappa shape index (κ3) is 6.95. The maximum absolute atomic E-state index is 13.7. The van der Waals surface area contributed by atoms with Crippen LogP contribution in [0.4, 0.5) is 14.9 Å². The van der Waals surface area contributed by atoms with Gasteiger partial charge in [0.25, 0.3) is 5.91 Å². The Morgan fingerprint density at radius 1 is 1.09 bits per heavy atom. The maximum Gasteiger partial charge on any atom is 0.319 e. The summed E-state index contributed by atoms with van der Waals surface area (Å²) in [6.07, 6.45) is 5.50. The van der Waals surface area contributed by atoms with Gasteiger partial charge < -0.3 is 20.7 Å². The number of amides is 3. The van der Waals surface area contributed by atoms with Crippen molar-refractivity contribution in [1.29, 1.82) is 0 Å². The minimum atomic E-state index is -0.445. The molecule has 1 heterocycles. The van der Waals surface area contributed by atoms with E-state index in [2.05, 4.69) is 20.9 Å². The summed E-state index contributed by atoms with van der Waals surface area (Å²) in [5, 5.41) is 11.1. The number of hydrogen-bond donors (Lipinski definition) is 3. The molecule has 1 saturated carbocycles. The van der Waals surface area contributed by atoms with Crippen LogP contribution in [-0.2, 0) is 6.61 Å². The SMILES string of the molecule is CSc1ccc(NC(=O)NC2CCCCC2NC(=O)c2csc(COc3ccccc3F)n2)cc1. The highest BCUT2D eigenvalue weighted by Gasteiger charge is 2.28. The Kier molecular flexibility index (Phi) is 8.59. The average Bonchev–Trinajstić information content (AvgIpc) is 3.34. The van der Waals surface area contributed by atoms with E-state index in [1.54, 1.807) is 35.3 Å². The van der Waals surface area contributed by atoms with Crippen LogP contribution in [-0.4, -0.2) is 35.3 Å². The van der Waals surface area contributed by atoms with Gasteiger partial charge >= 0.3 is 6.03 Å². The lowest BCUT2D eigenvalue weighted by Crippen LogP contribution is -2.54. The summed E-state index contributed by atoms with van der Waals surface area (Å²) in [6.45, 7) is 0.0740. The number of nitrogens with zero attached hydrogens (tertiary/aromatic N) is 1. The molecule has 2 atom stereocenters. The van der Waals surface area contributed by atoms with E-state index < -0.39 is 5.82 Å². The first-order chi connectivity index (χ1) is 17.0. The molecule has 2 aromatic carbocycles. The molecule has 1 aromatic heterocycles. The van der Waals surface area contributed by atoms with Gasteiger partial charge in [-0.1, -0.05) is 25.0 Å². The van der Waals surface area contributed by atoms with Gasteiger partial charge in [0, 0.05) is 22.0 Å². The van der Waals surface area contributed by atoms with E-state index in [1.807, 2.05) is 30.5 Å². The molecule has 7 nitrogen and oxygen atoms in total. The lowest BCUT2D eigenvalue weighted by molar-refractivity contribution is 0.0911. The van der Waals surface area contributed by atoms with E-state index in [4.69, 9.17) is 4.74 Å². The van der Waals surface area contributed by atoms with E-state index in [9.17, 15) is 14.0 Å². The largest absolute Gasteiger partial charge is 0.483 e. The Morgan fingerprint density at radius 3 is 2.51 bits per heavy atom. The smallest absolute Gasteiger partial charge is 0.319 e. The Morgan fingerprint density at radius 2 is 1.80 bits per heavy atom. The first-order valence-electron chi connectivity index (χ1n) is 11.4. The summed E-state index contributed by atoms with van der Waals surface area (Å²) in [7, 11) is 0. The van der Waals surface area contributed by atoms with Gasteiger partial charge in [-0.05, 0) is 55.5 Å². The van der Waals surface area contributed by atoms with E-state index in [0.717, 1.165) is 30.6 Å². The number of halogens is 1. The lowest BCUT2D eigenvalue weighted by Gasteiger charge is -2.32. The van der Waals surface area contributed by atoms with Crippen molar-refractivity contribution in [3.8, 4) is 5.75 Å². The van der Waals surface area contributed by atoms with Gasteiger partial charge in [0.2, 0.25) is 0 Å². The second-order valence-corrected chi connectivity index (χ2v) is 9.97. The van der Waals surface area contributed by atoms with Gasteiger partial charge in [0.1, 0.15) is 17.3 Å². The zero-order valence-electron chi connectivity index (χ0n) is 19.3. The number of hydrogen-bond acceptors (Lipinski definition) is 6. The van der Waals surface area contributed by atoms with Gasteiger partial charge in [-0.15, -0.1) is 23.1 Å². The van der Waals surface area contributed by atoms with E-state index in [-0.39, 0.29) is 42.1 Å². The molecular formula is C25H27FN4O3S2. The van der Waals surface area contributed by atoms with Crippen LogP contribution in [0.5, 0.6) is 5.75 Å². The van der Waals surface area contributed by atoms with Crippen molar-refractivity contribution in [2.24, 2.45) is 0 Å². The number of anilines is 1. The zero-order valence-corrected chi connectivity index (χ0v) is 20.9. The number of rotatable bonds is 8. The molecule has 184 valence electrons. The van der Waals surface area contributed by atoms with Gasteiger partial charge in [-0.25, -0.2) is 14.2 Å². The topological polar surface area (TPSA) is 92.4 Å². The number of aromatic nitrogens is 1. The monoisotopic (exact) mass is 514 g/mol. The molecule has 3 aromatic rings. The third-order valence-corrected chi connectivity index (χ3v) is 7.28. The van der Waals surface area contributed by atoms with Gasteiger partial charge in [0.05, 0.1) is 6.04 Å². The second kappa shape index (κ2) is 12.0. The number of benzene rings is 2. The summed E-state index contributed by atoms with van der Waals surface area (Å²) in [5.41, 5.74) is 0.995. The second-order valence-electron chi connectivity index (χ2n) is 8.14. The molecule has 1 aliphatic rings. The first kappa shape index (κ1) is 25.0. The van der Waals surface area contributed by atoms with Crippen LogP contribution in [0.25, 0.3) is 0 Å². The fourth-order valence-corrected chi connectivity index (χ4v) is 5.01. The quantitative estimate of drug-likeness (QED) is 0.348. The van der Waals surface area contributed by atoms with Crippen LogP contribution in [0.2, 0.25) is 0 Å². The summed E-state index contributed by atoms with van der Waals surface area (Å²) >= 11 is 2.92.